The second-order valence-electron chi connectivity index (χ2n) is 9.75. The minimum Gasteiger partial charge on any atom is -0.368 e. The molecule has 2 aromatic rings. The van der Waals surface area contributed by atoms with Crippen molar-refractivity contribution in [3.63, 3.8) is 0 Å². The molecule has 36 heavy (non-hydrogen) atoms. The first-order valence-corrected chi connectivity index (χ1v) is 13.0. The molecule has 0 aromatic heterocycles. The molecule has 0 saturated heterocycles. The van der Waals surface area contributed by atoms with Crippen LogP contribution >= 0.6 is 0 Å². The fraction of sp³-hybridized carbons (Fsp3) is 0.440. The molecular formula is C25H27F4N3O3S. The molecule has 1 amide bonds. The van der Waals surface area contributed by atoms with Crippen LogP contribution in [0.1, 0.15) is 44.7 Å². The summed E-state index contributed by atoms with van der Waals surface area (Å²) >= 11 is 0. The van der Waals surface area contributed by atoms with Gasteiger partial charge in [0, 0.05) is 12.7 Å². The van der Waals surface area contributed by atoms with E-state index in [1.54, 1.807) is 12.1 Å². The van der Waals surface area contributed by atoms with Gasteiger partial charge in [-0.1, -0.05) is 36.4 Å². The van der Waals surface area contributed by atoms with Crippen molar-refractivity contribution >= 4 is 15.7 Å². The number of carbonyl (C=O) groups is 1. The number of benzene rings is 2. The number of hydrogen-bond acceptors (Lipinski definition) is 5. The average molecular weight is 526 g/mol. The molecule has 2 atom stereocenters. The molecule has 3 rings (SSSR count). The van der Waals surface area contributed by atoms with Crippen molar-refractivity contribution < 1.29 is 30.8 Å². The zero-order chi connectivity index (χ0) is 27.1. The monoisotopic (exact) mass is 525 g/mol. The number of amides is 1. The molecule has 0 spiro atoms. The van der Waals surface area contributed by atoms with Gasteiger partial charge in [0.15, 0.2) is 9.84 Å². The Morgan fingerprint density at radius 2 is 1.53 bits per heavy atom. The second kappa shape index (κ2) is 9.48. The highest BCUT2D eigenvalue weighted by Gasteiger charge is 2.61. The van der Waals surface area contributed by atoms with E-state index >= 15 is 0 Å². The molecule has 0 aliphatic heterocycles. The maximum Gasteiger partial charge on any atom is 0.408 e. The number of sulfone groups is 1. The van der Waals surface area contributed by atoms with E-state index in [1.165, 1.54) is 36.4 Å². The molecule has 2 N–H and O–H groups in total. The van der Waals surface area contributed by atoms with Gasteiger partial charge in [-0.3, -0.25) is 9.69 Å². The maximum atomic E-state index is 14.5. The predicted molar refractivity (Wildman–Crippen MR) is 126 cm³/mol. The van der Waals surface area contributed by atoms with Gasteiger partial charge in [0.1, 0.15) is 17.2 Å². The molecule has 0 unspecified atom stereocenters. The first-order chi connectivity index (χ1) is 16.5. The SMILES string of the molecule is CC(C)(F)C[C@@H](C(N)=O)N([C@@H](c1ccc(-c2ccc(S(C)(=O)=O)cc2)cc1)C(F)(F)F)C1(C#N)CC1. The van der Waals surface area contributed by atoms with E-state index in [9.17, 15) is 36.0 Å². The summed E-state index contributed by atoms with van der Waals surface area (Å²) in [6.07, 6.45) is -4.26. The largest absolute Gasteiger partial charge is 0.408 e. The lowest BCUT2D eigenvalue weighted by Gasteiger charge is -2.42. The van der Waals surface area contributed by atoms with Crippen LogP contribution in [-0.4, -0.2) is 48.9 Å². The van der Waals surface area contributed by atoms with E-state index in [-0.39, 0.29) is 23.3 Å². The first-order valence-electron chi connectivity index (χ1n) is 11.1. The minimum atomic E-state index is -4.90. The maximum absolute atomic E-state index is 14.5. The number of rotatable bonds is 9. The molecule has 1 saturated carbocycles. The van der Waals surface area contributed by atoms with Crippen LogP contribution in [0, 0.1) is 11.3 Å². The Hall–Kier alpha value is -2.97. The van der Waals surface area contributed by atoms with Crippen LogP contribution in [0.15, 0.2) is 53.4 Å². The van der Waals surface area contributed by atoms with E-state index in [0.29, 0.717) is 11.1 Å². The lowest BCUT2D eigenvalue weighted by Crippen LogP contribution is -2.57. The molecule has 1 aliphatic carbocycles. The smallest absolute Gasteiger partial charge is 0.368 e. The van der Waals surface area contributed by atoms with E-state index < -0.39 is 51.6 Å². The number of nitrogens with two attached hydrogens (primary N) is 1. The lowest BCUT2D eigenvalue weighted by atomic mass is 9.92. The normalized spacial score (nSPS) is 17.3. The van der Waals surface area contributed by atoms with Crippen molar-refractivity contribution in [1.29, 1.82) is 5.26 Å². The molecule has 2 aromatic carbocycles. The summed E-state index contributed by atoms with van der Waals surface area (Å²) in [6.45, 7) is 2.28. The number of primary amides is 1. The summed E-state index contributed by atoms with van der Waals surface area (Å²) in [6, 6.07) is 9.08. The Labute approximate surface area is 207 Å². The number of carbonyl (C=O) groups excluding carboxylic acids is 1. The molecule has 194 valence electrons. The van der Waals surface area contributed by atoms with Crippen LogP contribution in [0.4, 0.5) is 17.6 Å². The van der Waals surface area contributed by atoms with Gasteiger partial charge in [0.2, 0.25) is 5.91 Å². The first kappa shape index (κ1) is 27.6. The van der Waals surface area contributed by atoms with Gasteiger partial charge in [-0.2, -0.15) is 18.4 Å². The molecule has 11 heteroatoms. The highest BCUT2D eigenvalue weighted by molar-refractivity contribution is 7.90. The highest BCUT2D eigenvalue weighted by atomic mass is 32.2. The van der Waals surface area contributed by atoms with E-state index in [1.807, 2.05) is 6.07 Å². The summed E-state index contributed by atoms with van der Waals surface area (Å²) in [5.74, 6) is -1.14. The predicted octanol–water partition coefficient (Wildman–Crippen LogP) is 4.71. The number of halogens is 4. The Kier molecular flexibility index (Phi) is 7.27. The second-order valence-corrected chi connectivity index (χ2v) is 11.8. The Morgan fingerprint density at radius 1 is 1.06 bits per heavy atom. The number of nitrogens with zero attached hydrogens (tertiary/aromatic N) is 2. The fourth-order valence-corrected chi connectivity index (χ4v) is 4.96. The van der Waals surface area contributed by atoms with Gasteiger partial charge >= 0.3 is 6.18 Å². The lowest BCUT2D eigenvalue weighted by molar-refractivity contribution is -0.201. The summed E-state index contributed by atoms with van der Waals surface area (Å²) in [5.41, 5.74) is 2.74. The van der Waals surface area contributed by atoms with E-state index in [4.69, 9.17) is 5.73 Å². The topological polar surface area (TPSA) is 104 Å². The third-order valence-electron chi connectivity index (χ3n) is 6.20. The molecular weight excluding hydrogens is 498 g/mol. The Bertz CT molecular complexity index is 1260. The van der Waals surface area contributed by atoms with Gasteiger partial charge in [0.05, 0.1) is 17.0 Å². The van der Waals surface area contributed by atoms with Crippen LogP contribution in [0.25, 0.3) is 11.1 Å². The van der Waals surface area contributed by atoms with E-state index in [2.05, 4.69) is 0 Å². The van der Waals surface area contributed by atoms with Crippen LogP contribution < -0.4 is 5.73 Å². The van der Waals surface area contributed by atoms with Crippen molar-refractivity contribution in [2.45, 2.75) is 67.5 Å². The van der Waals surface area contributed by atoms with Crippen LogP contribution in [0.2, 0.25) is 0 Å². The van der Waals surface area contributed by atoms with Gasteiger partial charge in [-0.25, -0.2) is 12.8 Å². The summed E-state index contributed by atoms with van der Waals surface area (Å²) in [5, 5.41) is 9.74. The summed E-state index contributed by atoms with van der Waals surface area (Å²) in [7, 11) is -3.41. The minimum absolute atomic E-state index is 0.0946. The Balaban J connectivity index is 2.07. The third kappa shape index (κ3) is 6.05. The molecule has 0 heterocycles. The zero-order valence-corrected chi connectivity index (χ0v) is 20.8. The van der Waals surface area contributed by atoms with Gasteiger partial charge in [-0.05, 0) is 55.5 Å². The number of alkyl halides is 4. The molecule has 1 aliphatic rings. The van der Waals surface area contributed by atoms with Crippen LogP contribution in [0.5, 0.6) is 0 Å². The Morgan fingerprint density at radius 3 is 1.86 bits per heavy atom. The molecule has 6 nitrogen and oxygen atoms in total. The standard InChI is InChI=1S/C25H27F4N3O3S/c1-23(2,26)14-20(22(31)33)32(24(15-30)12-13-24)21(25(27,28)29)18-6-4-16(5-7-18)17-8-10-19(11-9-17)36(3,34)35/h4-11,20-21H,12-14H2,1-3H3,(H2,31,33)/t20-,21-/m0/s1. The fourth-order valence-electron chi connectivity index (χ4n) is 4.33. The van der Waals surface area contributed by atoms with Crippen molar-refractivity contribution in [3.05, 3.63) is 54.1 Å². The summed E-state index contributed by atoms with van der Waals surface area (Å²) < 4.78 is 81.5. The van der Waals surface area contributed by atoms with Gasteiger partial charge in [-0.15, -0.1) is 0 Å². The van der Waals surface area contributed by atoms with Crippen molar-refractivity contribution in [2.24, 2.45) is 5.73 Å². The van der Waals surface area contributed by atoms with E-state index in [0.717, 1.165) is 25.0 Å². The molecule has 0 bridgehead atoms. The average Bonchev–Trinajstić information content (AvgIpc) is 3.55. The number of hydrogen-bond donors (Lipinski definition) is 1. The zero-order valence-electron chi connectivity index (χ0n) is 20.0. The van der Waals surface area contributed by atoms with Crippen molar-refractivity contribution in [2.75, 3.05) is 6.26 Å². The highest BCUT2D eigenvalue weighted by Crippen LogP contribution is 2.52. The molecule has 0 radical (unpaired) electrons. The van der Waals surface area contributed by atoms with Gasteiger partial charge in [0.25, 0.3) is 0 Å². The molecule has 1 fully saturated rings. The van der Waals surface area contributed by atoms with Crippen molar-refractivity contribution in [3.8, 4) is 17.2 Å². The quantitative estimate of drug-likeness (QED) is 0.478. The van der Waals surface area contributed by atoms with Crippen molar-refractivity contribution in [1.82, 2.24) is 4.90 Å². The van der Waals surface area contributed by atoms with Gasteiger partial charge < -0.3 is 5.73 Å². The third-order valence-corrected chi connectivity index (χ3v) is 7.33. The van der Waals surface area contributed by atoms with Crippen LogP contribution in [0.3, 0.4) is 0 Å². The van der Waals surface area contributed by atoms with Crippen LogP contribution in [-0.2, 0) is 14.6 Å². The number of nitriles is 1. The summed E-state index contributed by atoms with van der Waals surface area (Å²) in [4.78, 5) is 13.2.